The fourth-order valence-electron chi connectivity index (χ4n) is 1.64. The fourth-order valence-corrected chi connectivity index (χ4v) is 1.64. The second-order valence-corrected chi connectivity index (χ2v) is 3.48. The number of carbonyl (C=O) groups excluding carboxylic acids is 1. The van der Waals surface area contributed by atoms with Crippen molar-refractivity contribution < 1.29 is 9.53 Å². The van der Waals surface area contributed by atoms with Crippen molar-refractivity contribution >= 4 is 11.7 Å². The number of hydrogen-bond acceptors (Lipinski definition) is 4. The van der Waals surface area contributed by atoms with Gasteiger partial charge in [-0.25, -0.2) is 5.43 Å². The average molecular weight is 195 g/mol. The molecular formula is C9H13N3O2. The Labute approximate surface area is 82.4 Å². The molecule has 2 aliphatic heterocycles. The van der Waals surface area contributed by atoms with E-state index in [-0.39, 0.29) is 11.9 Å². The largest absolute Gasteiger partial charge is 0.488 e. The minimum Gasteiger partial charge on any atom is -0.488 e. The number of nitrogens with one attached hydrogen (secondary N) is 1. The van der Waals surface area contributed by atoms with Crippen LogP contribution in [0.25, 0.3) is 0 Å². The molecule has 14 heavy (non-hydrogen) atoms. The maximum Gasteiger partial charge on any atom is 0.262 e. The molecule has 1 N–H and O–H groups in total. The van der Waals surface area contributed by atoms with Crippen LogP contribution in [0.1, 0.15) is 20.8 Å². The highest BCUT2D eigenvalue weighted by atomic mass is 16.5. The highest BCUT2D eigenvalue weighted by Crippen LogP contribution is 2.22. The number of allylic oxidation sites excluding steroid dienone is 2. The van der Waals surface area contributed by atoms with Gasteiger partial charge in [-0.2, -0.15) is 5.10 Å². The van der Waals surface area contributed by atoms with Gasteiger partial charge in [-0.15, -0.1) is 0 Å². The van der Waals surface area contributed by atoms with Crippen LogP contribution >= 0.6 is 0 Å². The smallest absolute Gasteiger partial charge is 0.262 e. The van der Waals surface area contributed by atoms with E-state index < -0.39 is 0 Å². The summed E-state index contributed by atoms with van der Waals surface area (Å²) in [5, 5.41) is 3.95. The van der Waals surface area contributed by atoms with E-state index >= 15 is 0 Å². The molecule has 1 amide bonds. The van der Waals surface area contributed by atoms with Crippen molar-refractivity contribution in [2.45, 2.75) is 26.8 Å². The molecule has 0 aromatic carbocycles. The monoisotopic (exact) mass is 195 g/mol. The molecule has 0 spiro atoms. The van der Waals surface area contributed by atoms with Crippen LogP contribution in [0.2, 0.25) is 0 Å². The lowest BCUT2D eigenvalue weighted by atomic mass is 10.2. The van der Waals surface area contributed by atoms with Gasteiger partial charge in [0.25, 0.3) is 5.91 Å². The first kappa shape index (κ1) is 9.05. The Balaban J connectivity index is 2.42. The molecule has 0 fully saturated rings. The summed E-state index contributed by atoms with van der Waals surface area (Å²) >= 11 is 0. The first-order chi connectivity index (χ1) is 6.61. The number of amidine groups is 1. The Morgan fingerprint density at radius 1 is 1.57 bits per heavy atom. The van der Waals surface area contributed by atoms with Crippen molar-refractivity contribution in [1.82, 2.24) is 10.3 Å². The minimum atomic E-state index is -0.207. The number of ether oxygens (including phenoxy) is 1. The van der Waals surface area contributed by atoms with Gasteiger partial charge in [0.15, 0.2) is 5.84 Å². The van der Waals surface area contributed by atoms with Gasteiger partial charge in [0.2, 0.25) is 0 Å². The van der Waals surface area contributed by atoms with Crippen molar-refractivity contribution in [2.24, 2.45) is 5.10 Å². The molecular weight excluding hydrogens is 182 g/mol. The summed E-state index contributed by atoms with van der Waals surface area (Å²) in [7, 11) is 0. The Kier molecular flexibility index (Phi) is 1.94. The van der Waals surface area contributed by atoms with Crippen LogP contribution < -0.4 is 5.43 Å². The van der Waals surface area contributed by atoms with Gasteiger partial charge in [0.1, 0.15) is 18.4 Å². The Morgan fingerprint density at radius 2 is 2.29 bits per heavy atom. The molecule has 0 saturated heterocycles. The lowest BCUT2D eigenvalue weighted by Gasteiger charge is -2.38. The number of fused-ring (bicyclic) bond motifs is 1. The van der Waals surface area contributed by atoms with Crippen LogP contribution in [-0.4, -0.2) is 29.3 Å². The Hall–Kier alpha value is -1.52. The van der Waals surface area contributed by atoms with E-state index in [0.29, 0.717) is 6.61 Å². The van der Waals surface area contributed by atoms with Crippen molar-refractivity contribution in [1.29, 1.82) is 0 Å². The van der Waals surface area contributed by atoms with E-state index in [1.807, 2.05) is 25.7 Å². The third kappa shape index (κ3) is 1.16. The predicted molar refractivity (Wildman–Crippen MR) is 51.2 cm³/mol. The first-order valence-electron chi connectivity index (χ1n) is 4.57. The maximum atomic E-state index is 11.4. The number of rotatable bonds is 0. The van der Waals surface area contributed by atoms with Crippen LogP contribution in [0.4, 0.5) is 0 Å². The van der Waals surface area contributed by atoms with Gasteiger partial charge >= 0.3 is 0 Å². The van der Waals surface area contributed by atoms with Gasteiger partial charge in [0, 0.05) is 0 Å². The third-order valence-corrected chi connectivity index (χ3v) is 2.63. The summed E-state index contributed by atoms with van der Waals surface area (Å²) in [6, 6.07) is -0.207. The van der Waals surface area contributed by atoms with Crippen LogP contribution in [-0.2, 0) is 9.53 Å². The Bertz CT molecular complexity index is 346. The molecule has 1 atom stereocenters. The Morgan fingerprint density at radius 3 is 3.00 bits per heavy atom. The van der Waals surface area contributed by atoms with Gasteiger partial charge < -0.3 is 9.64 Å². The zero-order valence-corrected chi connectivity index (χ0v) is 8.50. The van der Waals surface area contributed by atoms with Crippen molar-refractivity contribution in [2.75, 3.05) is 6.61 Å². The highest BCUT2D eigenvalue weighted by molar-refractivity contribution is 5.96. The zero-order valence-electron chi connectivity index (χ0n) is 8.50. The predicted octanol–water partition coefficient (Wildman–Crippen LogP) is 0.402. The van der Waals surface area contributed by atoms with E-state index in [1.54, 1.807) is 0 Å². The quantitative estimate of drug-likeness (QED) is 0.608. The van der Waals surface area contributed by atoms with E-state index in [2.05, 4.69) is 10.5 Å². The van der Waals surface area contributed by atoms with Crippen LogP contribution in [0.5, 0.6) is 0 Å². The summed E-state index contributed by atoms with van der Waals surface area (Å²) < 4.78 is 5.40. The standard InChI is InChI=1S/C9H13N3O2/c1-5-7(3)14-4-8-10-11-9(13)6(2)12(5)8/h6H,4H2,1-3H3,(H,11,13). The zero-order chi connectivity index (χ0) is 10.3. The second-order valence-electron chi connectivity index (χ2n) is 3.48. The molecule has 2 heterocycles. The van der Waals surface area contributed by atoms with Crippen molar-refractivity contribution in [3.05, 3.63) is 11.5 Å². The lowest BCUT2D eigenvalue weighted by Crippen LogP contribution is -2.53. The van der Waals surface area contributed by atoms with Crippen molar-refractivity contribution in [3.8, 4) is 0 Å². The molecule has 2 aliphatic rings. The summed E-state index contributed by atoms with van der Waals surface area (Å²) in [6.45, 7) is 6.10. The van der Waals surface area contributed by atoms with E-state index in [1.165, 1.54) is 0 Å². The number of hydrogen-bond donors (Lipinski definition) is 1. The van der Waals surface area contributed by atoms with E-state index in [4.69, 9.17) is 4.74 Å². The molecule has 0 bridgehead atoms. The topological polar surface area (TPSA) is 53.9 Å². The van der Waals surface area contributed by atoms with Crippen LogP contribution in [0.15, 0.2) is 16.6 Å². The van der Waals surface area contributed by atoms with Gasteiger partial charge in [-0.05, 0) is 20.8 Å². The molecule has 0 saturated carbocycles. The molecule has 0 aromatic rings. The van der Waals surface area contributed by atoms with Crippen LogP contribution in [0, 0.1) is 0 Å². The lowest BCUT2D eigenvalue weighted by molar-refractivity contribution is -0.125. The third-order valence-electron chi connectivity index (χ3n) is 2.63. The molecule has 5 nitrogen and oxygen atoms in total. The summed E-state index contributed by atoms with van der Waals surface area (Å²) in [6.07, 6.45) is 0. The van der Waals surface area contributed by atoms with Gasteiger partial charge in [-0.3, -0.25) is 4.79 Å². The summed E-state index contributed by atoms with van der Waals surface area (Å²) in [4.78, 5) is 13.3. The highest BCUT2D eigenvalue weighted by Gasteiger charge is 2.33. The molecule has 76 valence electrons. The molecule has 5 heteroatoms. The normalized spacial score (nSPS) is 26.5. The van der Waals surface area contributed by atoms with E-state index in [0.717, 1.165) is 17.3 Å². The molecule has 0 aromatic heterocycles. The molecule has 2 rings (SSSR count). The molecule has 0 aliphatic carbocycles. The first-order valence-corrected chi connectivity index (χ1v) is 4.57. The SMILES string of the molecule is CC1=C(C)N2C(=NNC(=O)C2C)CO1. The van der Waals surface area contributed by atoms with Gasteiger partial charge in [-0.1, -0.05) is 0 Å². The second kappa shape index (κ2) is 3.01. The number of nitrogens with zero attached hydrogens (tertiary/aromatic N) is 2. The number of hydrazone groups is 1. The van der Waals surface area contributed by atoms with Crippen molar-refractivity contribution in [3.63, 3.8) is 0 Å². The maximum absolute atomic E-state index is 11.4. The average Bonchev–Trinajstić information content (AvgIpc) is 2.17. The summed E-state index contributed by atoms with van der Waals surface area (Å²) in [5.41, 5.74) is 3.43. The van der Waals surface area contributed by atoms with E-state index in [9.17, 15) is 4.79 Å². The number of amides is 1. The van der Waals surface area contributed by atoms with Crippen LogP contribution in [0.3, 0.4) is 0 Å². The minimum absolute atomic E-state index is 0.0807. The number of carbonyl (C=O) groups is 1. The summed E-state index contributed by atoms with van der Waals surface area (Å²) in [5.74, 6) is 1.54. The molecule has 1 unspecified atom stereocenters. The van der Waals surface area contributed by atoms with Gasteiger partial charge in [0.05, 0.1) is 5.70 Å². The fraction of sp³-hybridized carbons (Fsp3) is 0.556. The molecule has 0 radical (unpaired) electrons.